The van der Waals surface area contributed by atoms with Gasteiger partial charge in [0.05, 0.1) is 10.5 Å². The monoisotopic (exact) mass is 476 g/mol. The molecule has 0 unspecified atom stereocenters. The molecule has 146 valence electrons. The average Bonchev–Trinajstić information content (AvgIpc) is 2.39. The van der Waals surface area contributed by atoms with Gasteiger partial charge in [0.15, 0.2) is 15.8 Å². The third-order valence-electron chi connectivity index (χ3n) is 3.81. The van der Waals surface area contributed by atoms with Gasteiger partial charge in [-0.25, -0.2) is 8.42 Å². The van der Waals surface area contributed by atoms with Gasteiger partial charge in [-0.2, -0.15) is 0 Å². The smallest absolute Gasteiger partial charge is 0.191 e. The Kier molecular flexibility index (Phi) is 12.5. The number of rotatable bonds is 8. The first kappa shape index (κ1) is 26.1. The van der Waals surface area contributed by atoms with Crippen molar-refractivity contribution in [3.05, 3.63) is 0 Å². The largest absolute Gasteiger partial charge is 0.355 e. The Balaban J connectivity index is 0. The lowest BCUT2D eigenvalue weighted by Crippen LogP contribution is -2.46. The quantitative estimate of drug-likeness (QED) is 0.319. The predicted molar refractivity (Wildman–Crippen MR) is 115 cm³/mol. The zero-order chi connectivity index (χ0) is 18.3. The van der Waals surface area contributed by atoms with Crippen LogP contribution in [-0.2, 0) is 9.84 Å². The van der Waals surface area contributed by atoms with Gasteiger partial charge in [-0.1, -0.05) is 0 Å². The summed E-state index contributed by atoms with van der Waals surface area (Å²) in [5.41, 5.74) is 0. The third kappa shape index (κ3) is 9.41. The number of nitrogens with zero attached hydrogens (tertiary/aromatic N) is 2. The molecule has 0 atom stereocenters. The highest BCUT2D eigenvalue weighted by Gasteiger charge is 2.28. The summed E-state index contributed by atoms with van der Waals surface area (Å²) >= 11 is 0. The number of aliphatic imine (C=N–C) groups is 1. The Labute approximate surface area is 166 Å². The second-order valence-corrected chi connectivity index (χ2v) is 10.1. The molecule has 2 N–H and O–H groups in total. The summed E-state index contributed by atoms with van der Waals surface area (Å²) in [6, 6.07) is 0.979. The van der Waals surface area contributed by atoms with Crippen molar-refractivity contribution < 1.29 is 8.42 Å². The molecule has 0 radical (unpaired) electrons. The lowest BCUT2D eigenvalue weighted by molar-refractivity contribution is 0.178. The molecule has 0 aliphatic carbocycles. The highest BCUT2D eigenvalue weighted by Crippen LogP contribution is 2.15. The van der Waals surface area contributed by atoms with Crippen LogP contribution in [0.4, 0.5) is 0 Å². The molecule has 6 nitrogen and oxygen atoms in total. The number of sulfone groups is 1. The van der Waals surface area contributed by atoms with Crippen molar-refractivity contribution in [2.24, 2.45) is 4.99 Å². The van der Waals surface area contributed by atoms with Crippen molar-refractivity contribution in [1.29, 1.82) is 0 Å². The molecule has 0 aromatic rings. The van der Waals surface area contributed by atoms with Crippen LogP contribution in [-0.4, -0.2) is 68.5 Å². The molecule has 0 fully saturated rings. The van der Waals surface area contributed by atoms with Gasteiger partial charge in [0.1, 0.15) is 0 Å². The second kappa shape index (κ2) is 11.5. The third-order valence-corrected chi connectivity index (χ3v) is 6.42. The van der Waals surface area contributed by atoms with E-state index in [2.05, 4.69) is 48.2 Å². The molecule has 0 bridgehead atoms. The summed E-state index contributed by atoms with van der Waals surface area (Å²) in [4.78, 5) is 6.53. The van der Waals surface area contributed by atoms with Crippen LogP contribution >= 0.6 is 24.0 Å². The van der Waals surface area contributed by atoms with Gasteiger partial charge in [0.25, 0.3) is 0 Å². The van der Waals surface area contributed by atoms with Gasteiger partial charge in [-0.3, -0.25) is 9.89 Å². The summed E-state index contributed by atoms with van der Waals surface area (Å²) in [5.74, 6) is 0.739. The number of hydrogen-bond acceptors (Lipinski definition) is 4. The Hall–Kier alpha value is -0.0900. The molecular formula is C16H37IN4O2S. The van der Waals surface area contributed by atoms with Crippen LogP contribution in [0.1, 0.15) is 48.5 Å². The Morgan fingerprint density at radius 2 is 1.50 bits per heavy atom. The van der Waals surface area contributed by atoms with Crippen LogP contribution in [0.25, 0.3) is 0 Å². The Morgan fingerprint density at radius 3 is 1.88 bits per heavy atom. The van der Waals surface area contributed by atoms with Gasteiger partial charge in [-0.05, 0) is 48.5 Å². The van der Waals surface area contributed by atoms with Gasteiger partial charge in [0, 0.05) is 38.8 Å². The molecule has 0 saturated carbocycles. The minimum Gasteiger partial charge on any atom is -0.355 e. The van der Waals surface area contributed by atoms with Crippen LogP contribution < -0.4 is 10.6 Å². The summed E-state index contributed by atoms with van der Waals surface area (Å²) in [6.45, 7) is 15.9. The van der Waals surface area contributed by atoms with Gasteiger partial charge < -0.3 is 10.6 Å². The number of halogens is 1. The van der Waals surface area contributed by atoms with E-state index in [1.807, 2.05) is 0 Å². The zero-order valence-electron chi connectivity index (χ0n) is 16.5. The van der Waals surface area contributed by atoms with E-state index >= 15 is 0 Å². The highest BCUT2D eigenvalue weighted by atomic mass is 127. The van der Waals surface area contributed by atoms with E-state index in [0.717, 1.165) is 13.1 Å². The summed E-state index contributed by atoms with van der Waals surface area (Å²) in [7, 11) is -1.42. The first-order valence-corrected chi connectivity index (χ1v) is 10.00. The molecule has 0 aliphatic rings. The van der Waals surface area contributed by atoms with E-state index in [0.29, 0.717) is 24.6 Å². The van der Waals surface area contributed by atoms with Crippen molar-refractivity contribution in [2.45, 2.75) is 65.3 Å². The second-order valence-electron chi connectivity index (χ2n) is 7.28. The molecule has 0 aliphatic heterocycles. The minimum absolute atomic E-state index is 0. The maximum Gasteiger partial charge on any atom is 0.191 e. The van der Waals surface area contributed by atoms with Crippen molar-refractivity contribution >= 4 is 39.8 Å². The lowest BCUT2D eigenvalue weighted by Gasteiger charge is -2.30. The fraction of sp³-hybridized carbons (Fsp3) is 0.938. The van der Waals surface area contributed by atoms with Crippen molar-refractivity contribution in [3.8, 4) is 0 Å². The zero-order valence-corrected chi connectivity index (χ0v) is 19.7. The summed E-state index contributed by atoms with van der Waals surface area (Å²) in [6.07, 6.45) is 0. The molecule has 8 heteroatoms. The molecule has 0 rings (SSSR count). The fourth-order valence-corrected chi connectivity index (χ4v) is 3.23. The Bertz CT molecular complexity index is 463. The van der Waals surface area contributed by atoms with Crippen molar-refractivity contribution in [1.82, 2.24) is 15.5 Å². The molecule has 24 heavy (non-hydrogen) atoms. The number of hydrogen-bond donors (Lipinski definition) is 2. The van der Waals surface area contributed by atoms with Crippen molar-refractivity contribution in [3.63, 3.8) is 0 Å². The molecule has 0 heterocycles. The number of guanidine groups is 1. The molecular weight excluding hydrogens is 439 g/mol. The maximum atomic E-state index is 12.1. The summed E-state index contributed by atoms with van der Waals surface area (Å²) < 4.78 is 23.4. The minimum atomic E-state index is -3.11. The fourth-order valence-electron chi connectivity index (χ4n) is 2.25. The SMILES string of the molecule is CN=C(NCCN(C(C)C)C(C)C)NCCS(=O)(=O)C(C)(C)C.I. The Morgan fingerprint density at radius 1 is 1.04 bits per heavy atom. The molecule has 0 amide bonds. The van der Waals surface area contributed by atoms with Crippen LogP contribution in [0, 0.1) is 0 Å². The first-order chi connectivity index (χ1) is 10.4. The van der Waals surface area contributed by atoms with Crippen molar-refractivity contribution in [2.75, 3.05) is 32.4 Å². The van der Waals surface area contributed by atoms with E-state index < -0.39 is 14.6 Å². The van der Waals surface area contributed by atoms with Gasteiger partial charge >= 0.3 is 0 Å². The topological polar surface area (TPSA) is 73.8 Å². The van der Waals surface area contributed by atoms with Crippen LogP contribution in [0.15, 0.2) is 4.99 Å². The maximum absolute atomic E-state index is 12.1. The van der Waals surface area contributed by atoms with Crippen LogP contribution in [0.5, 0.6) is 0 Å². The van der Waals surface area contributed by atoms with Gasteiger partial charge in [0.2, 0.25) is 0 Å². The van der Waals surface area contributed by atoms with E-state index in [1.165, 1.54) is 0 Å². The van der Waals surface area contributed by atoms with E-state index in [4.69, 9.17) is 0 Å². The lowest BCUT2D eigenvalue weighted by atomic mass is 10.2. The van der Waals surface area contributed by atoms with Crippen LogP contribution in [0.3, 0.4) is 0 Å². The van der Waals surface area contributed by atoms with E-state index in [-0.39, 0.29) is 29.7 Å². The van der Waals surface area contributed by atoms with E-state index in [1.54, 1.807) is 27.8 Å². The predicted octanol–water partition coefficient (Wildman–Crippen LogP) is 2.10. The molecule has 0 aromatic heterocycles. The number of nitrogens with one attached hydrogen (secondary N) is 2. The average molecular weight is 476 g/mol. The van der Waals surface area contributed by atoms with Gasteiger partial charge in [-0.15, -0.1) is 24.0 Å². The first-order valence-electron chi connectivity index (χ1n) is 8.35. The van der Waals surface area contributed by atoms with E-state index in [9.17, 15) is 8.42 Å². The summed E-state index contributed by atoms with van der Waals surface area (Å²) in [5, 5.41) is 6.31. The molecule has 0 saturated heterocycles. The van der Waals surface area contributed by atoms with Crippen LogP contribution in [0.2, 0.25) is 0 Å². The highest BCUT2D eigenvalue weighted by molar-refractivity contribution is 14.0. The molecule has 0 spiro atoms. The standard InChI is InChI=1S/C16H36N4O2S.HI/c1-13(2)20(14(3)4)11-9-18-15(17-8)19-10-12-23(21,22)16(5,6)7;/h13-14H,9-12H2,1-8H3,(H2,17,18,19);1H. The normalized spacial score (nSPS) is 13.4. The molecule has 0 aromatic carbocycles.